The predicted molar refractivity (Wildman–Crippen MR) is 90.8 cm³/mol. The number of hydrogen-bond donors (Lipinski definition) is 3. The topological polar surface area (TPSA) is 104 Å². The van der Waals surface area contributed by atoms with Gasteiger partial charge >= 0.3 is 0 Å². The van der Waals surface area contributed by atoms with E-state index in [4.69, 9.17) is 4.74 Å². The third kappa shape index (κ3) is 2.73. The summed E-state index contributed by atoms with van der Waals surface area (Å²) in [5, 5.41) is 19.2. The summed E-state index contributed by atoms with van der Waals surface area (Å²) in [6, 6.07) is 2.27. The number of ether oxygens (including phenoxy) is 1. The standard InChI is InChI=1S/C16H21N7O/c1-9(2)14-19-16(23-22-14)13-12-11(20-21-13)3-6-17-15(12)18-10-4-7-24-8-5-10/h3,6,9-10H,4-5,7-8H2,1-2H3,(H,17,18)(H,20,21)(H,19,22,23). The second kappa shape index (κ2) is 6.20. The molecule has 8 nitrogen and oxygen atoms in total. The predicted octanol–water partition coefficient (Wildman–Crippen LogP) is 2.46. The van der Waals surface area contributed by atoms with E-state index in [2.05, 4.69) is 49.5 Å². The van der Waals surface area contributed by atoms with Gasteiger partial charge in [-0.15, -0.1) is 0 Å². The summed E-state index contributed by atoms with van der Waals surface area (Å²) in [4.78, 5) is 9.09. The zero-order valence-electron chi connectivity index (χ0n) is 13.8. The van der Waals surface area contributed by atoms with E-state index in [1.54, 1.807) is 6.20 Å². The highest BCUT2D eigenvalue weighted by Crippen LogP contribution is 2.30. The highest BCUT2D eigenvalue weighted by molar-refractivity contribution is 5.99. The fraction of sp³-hybridized carbons (Fsp3) is 0.500. The van der Waals surface area contributed by atoms with Gasteiger partial charge in [0.15, 0.2) is 0 Å². The lowest BCUT2D eigenvalue weighted by atomic mass is 10.1. The summed E-state index contributed by atoms with van der Waals surface area (Å²) in [7, 11) is 0. The molecule has 0 bridgehead atoms. The van der Waals surface area contributed by atoms with Crippen LogP contribution < -0.4 is 5.32 Å². The van der Waals surface area contributed by atoms with Gasteiger partial charge in [0.05, 0.1) is 10.9 Å². The van der Waals surface area contributed by atoms with Crippen molar-refractivity contribution in [3.63, 3.8) is 0 Å². The first-order valence-corrected chi connectivity index (χ1v) is 8.32. The van der Waals surface area contributed by atoms with E-state index in [0.29, 0.717) is 11.9 Å². The first kappa shape index (κ1) is 15.1. The van der Waals surface area contributed by atoms with Crippen molar-refractivity contribution in [2.24, 2.45) is 0 Å². The molecule has 0 aromatic carbocycles. The van der Waals surface area contributed by atoms with Crippen LogP contribution in [0.25, 0.3) is 22.4 Å². The fourth-order valence-corrected chi connectivity index (χ4v) is 2.91. The van der Waals surface area contributed by atoms with Crippen LogP contribution in [0.1, 0.15) is 38.4 Å². The van der Waals surface area contributed by atoms with E-state index in [0.717, 1.165) is 54.3 Å². The first-order valence-electron chi connectivity index (χ1n) is 8.32. The number of nitrogens with one attached hydrogen (secondary N) is 3. The molecule has 3 N–H and O–H groups in total. The zero-order valence-corrected chi connectivity index (χ0v) is 13.8. The molecular weight excluding hydrogens is 306 g/mol. The van der Waals surface area contributed by atoms with Crippen molar-refractivity contribution in [3.8, 4) is 11.5 Å². The number of nitrogens with zero attached hydrogens (tertiary/aromatic N) is 4. The Kier molecular flexibility index (Phi) is 3.89. The average Bonchev–Trinajstić information content (AvgIpc) is 3.23. The molecule has 0 spiro atoms. The van der Waals surface area contributed by atoms with Gasteiger partial charge in [0, 0.05) is 31.4 Å². The molecule has 4 heterocycles. The monoisotopic (exact) mass is 327 g/mol. The van der Waals surface area contributed by atoms with Crippen LogP contribution in [0.4, 0.5) is 5.82 Å². The van der Waals surface area contributed by atoms with Crippen LogP contribution in [0.5, 0.6) is 0 Å². The van der Waals surface area contributed by atoms with Crippen LogP contribution in [-0.2, 0) is 4.74 Å². The van der Waals surface area contributed by atoms with Crippen molar-refractivity contribution in [2.45, 2.75) is 38.6 Å². The molecule has 0 radical (unpaired) electrons. The van der Waals surface area contributed by atoms with Gasteiger partial charge in [0.1, 0.15) is 17.3 Å². The van der Waals surface area contributed by atoms with Gasteiger partial charge in [-0.1, -0.05) is 13.8 Å². The number of fused-ring (bicyclic) bond motifs is 1. The van der Waals surface area contributed by atoms with Gasteiger partial charge in [0.2, 0.25) is 5.82 Å². The summed E-state index contributed by atoms with van der Waals surface area (Å²) in [5.74, 6) is 2.55. The summed E-state index contributed by atoms with van der Waals surface area (Å²) in [5.41, 5.74) is 1.64. The van der Waals surface area contributed by atoms with Crippen molar-refractivity contribution >= 4 is 16.7 Å². The summed E-state index contributed by atoms with van der Waals surface area (Å²) < 4.78 is 5.43. The molecule has 126 valence electrons. The quantitative estimate of drug-likeness (QED) is 0.680. The van der Waals surface area contributed by atoms with Crippen LogP contribution in [0, 0.1) is 0 Å². The Morgan fingerprint density at radius 3 is 2.79 bits per heavy atom. The Bertz CT molecular complexity index is 832. The molecule has 1 saturated heterocycles. The minimum atomic E-state index is 0.286. The van der Waals surface area contributed by atoms with Crippen LogP contribution in [0.15, 0.2) is 12.3 Å². The van der Waals surface area contributed by atoms with Crippen LogP contribution in [-0.4, -0.2) is 49.6 Å². The van der Waals surface area contributed by atoms with Gasteiger partial charge < -0.3 is 10.1 Å². The number of aromatic nitrogens is 6. The Balaban J connectivity index is 1.73. The summed E-state index contributed by atoms with van der Waals surface area (Å²) in [6.45, 7) is 5.72. The lowest BCUT2D eigenvalue weighted by molar-refractivity contribution is 0.0904. The Morgan fingerprint density at radius 2 is 2.04 bits per heavy atom. The number of H-pyrrole nitrogens is 2. The van der Waals surface area contributed by atoms with E-state index < -0.39 is 0 Å². The van der Waals surface area contributed by atoms with Crippen molar-refractivity contribution < 1.29 is 4.74 Å². The van der Waals surface area contributed by atoms with Crippen molar-refractivity contribution in [2.75, 3.05) is 18.5 Å². The maximum absolute atomic E-state index is 5.43. The van der Waals surface area contributed by atoms with E-state index >= 15 is 0 Å². The van der Waals surface area contributed by atoms with Gasteiger partial charge in [-0.25, -0.2) is 9.97 Å². The van der Waals surface area contributed by atoms with E-state index in [1.165, 1.54) is 0 Å². The van der Waals surface area contributed by atoms with E-state index in [1.807, 2.05) is 6.07 Å². The molecule has 4 rings (SSSR count). The maximum atomic E-state index is 5.43. The lowest BCUT2D eigenvalue weighted by Crippen LogP contribution is -2.28. The molecule has 24 heavy (non-hydrogen) atoms. The molecular formula is C16H21N7O. The Hall–Kier alpha value is -2.48. The smallest absolute Gasteiger partial charge is 0.202 e. The minimum Gasteiger partial charge on any atom is -0.381 e. The maximum Gasteiger partial charge on any atom is 0.202 e. The van der Waals surface area contributed by atoms with E-state index in [-0.39, 0.29) is 5.92 Å². The molecule has 0 aliphatic carbocycles. The van der Waals surface area contributed by atoms with Gasteiger partial charge in [-0.05, 0) is 18.9 Å². The second-order valence-corrected chi connectivity index (χ2v) is 6.38. The molecule has 0 saturated carbocycles. The molecule has 1 fully saturated rings. The number of rotatable bonds is 4. The largest absolute Gasteiger partial charge is 0.381 e. The van der Waals surface area contributed by atoms with Crippen molar-refractivity contribution in [1.82, 2.24) is 30.4 Å². The van der Waals surface area contributed by atoms with Gasteiger partial charge in [-0.2, -0.15) is 10.2 Å². The van der Waals surface area contributed by atoms with Gasteiger partial charge in [-0.3, -0.25) is 10.2 Å². The van der Waals surface area contributed by atoms with Crippen molar-refractivity contribution in [3.05, 3.63) is 18.1 Å². The number of aromatic amines is 2. The fourth-order valence-electron chi connectivity index (χ4n) is 2.91. The summed E-state index contributed by atoms with van der Waals surface area (Å²) in [6.07, 6.45) is 3.73. The number of hydrogen-bond acceptors (Lipinski definition) is 6. The van der Waals surface area contributed by atoms with Crippen LogP contribution in [0.3, 0.4) is 0 Å². The molecule has 3 aromatic rings. The third-order valence-electron chi connectivity index (χ3n) is 4.30. The SMILES string of the molecule is CC(C)c1nc(-c2n[nH]c3ccnc(NC4CCOCC4)c23)n[nH]1. The molecule has 3 aromatic heterocycles. The van der Waals surface area contributed by atoms with Crippen molar-refractivity contribution in [1.29, 1.82) is 0 Å². The van der Waals surface area contributed by atoms with E-state index in [9.17, 15) is 0 Å². The number of anilines is 1. The van der Waals surface area contributed by atoms with Crippen LogP contribution in [0.2, 0.25) is 0 Å². The summed E-state index contributed by atoms with van der Waals surface area (Å²) >= 11 is 0. The Labute approximate surface area is 139 Å². The van der Waals surface area contributed by atoms with Crippen LogP contribution >= 0.6 is 0 Å². The molecule has 0 atom stereocenters. The molecule has 0 amide bonds. The first-order chi connectivity index (χ1) is 11.7. The van der Waals surface area contributed by atoms with Gasteiger partial charge in [0.25, 0.3) is 0 Å². The Morgan fingerprint density at radius 1 is 1.21 bits per heavy atom. The third-order valence-corrected chi connectivity index (χ3v) is 4.30. The minimum absolute atomic E-state index is 0.286. The molecule has 1 aliphatic heterocycles. The highest BCUT2D eigenvalue weighted by atomic mass is 16.5. The molecule has 0 unspecified atom stereocenters. The molecule has 1 aliphatic rings. The zero-order chi connectivity index (χ0) is 16.5. The average molecular weight is 327 g/mol. The number of pyridine rings is 1. The highest BCUT2D eigenvalue weighted by Gasteiger charge is 2.20. The second-order valence-electron chi connectivity index (χ2n) is 6.38. The normalized spacial score (nSPS) is 16.1. The lowest BCUT2D eigenvalue weighted by Gasteiger charge is -2.23. The molecule has 8 heteroatoms.